The Morgan fingerprint density at radius 2 is 2.04 bits per heavy atom. The van der Waals surface area contributed by atoms with Crippen molar-refractivity contribution in [3.8, 4) is 10.8 Å². The summed E-state index contributed by atoms with van der Waals surface area (Å²) >= 11 is 1.50. The standard InChI is InChI=1S/C17H22N4O2S/c1-11-14(24-10-18-11)16-20-19-15(23-16)13-8-5-9-21(13)17(22)12-6-3-2-4-7-12/h10,12-13H,2-9H2,1H3. The van der Waals surface area contributed by atoms with Gasteiger partial charge in [-0.1, -0.05) is 19.3 Å². The van der Waals surface area contributed by atoms with E-state index in [0.717, 1.165) is 42.8 Å². The lowest BCUT2D eigenvalue weighted by atomic mass is 9.88. The first kappa shape index (κ1) is 15.7. The van der Waals surface area contributed by atoms with Crippen molar-refractivity contribution in [2.24, 2.45) is 5.92 Å². The largest absolute Gasteiger partial charge is 0.418 e. The van der Waals surface area contributed by atoms with Crippen LogP contribution in [-0.2, 0) is 4.79 Å². The molecule has 4 rings (SSSR count). The van der Waals surface area contributed by atoms with E-state index in [2.05, 4.69) is 15.2 Å². The lowest BCUT2D eigenvalue weighted by Gasteiger charge is -2.29. The van der Waals surface area contributed by atoms with Gasteiger partial charge < -0.3 is 9.32 Å². The zero-order valence-electron chi connectivity index (χ0n) is 13.9. The van der Waals surface area contributed by atoms with Gasteiger partial charge in [0.25, 0.3) is 5.89 Å². The van der Waals surface area contributed by atoms with Crippen LogP contribution in [0.3, 0.4) is 0 Å². The van der Waals surface area contributed by atoms with Gasteiger partial charge in [-0.15, -0.1) is 21.5 Å². The molecule has 0 spiro atoms. The number of hydrogen-bond donors (Lipinski definition) is 0. The van der Waals surface area contributed by atoms with Crippen molar-refractivity contribution in [1.82, 2.24) is 20.1 Å². The van der Waals surface area contributed by atoms with E-state index in [-0.39, 0.29) is 17.9 Å². The summed E-state index contributed by atoms with van der Waals surface area (Å²) in [6.07, 6.45) is 7.56. The molecule has 6 nitrogen and oxygen atoms in total. The number of amides is 1. The summed E-state index contributed by atoms with van der Waals surface area (Å²) < 4.78 is 5.91. The van der Waals surface area contributed by atoms with Crippen LogP contribution in [0.25, 0.3) is 10.8 Å². The second-order valence-electron chi connectivity index (χ2n) is 6.74. The summed E-state index contributed by atoms with van der Waals surface area (Å²) in [6.45, 7) is 2.74. The molecule has 1 aliphatic carbocycles. The normalized spacial score (nSPS) is 22.2. The summed E-state index contributed by atoms with van der Waals surface area (Å²) in [5.74, 6) is 1.55. The van der Waals surface area contributed by atoms with Crippen LogP contribution in [0.2, 0.25) is 0 Å². The van der Waals surface area contributed by atoms with Gasteiger partial charge >= 0.3 is 0 Å². The summed E-state index contributed by atoms with van der Waals surface area (Å²) in [5.41, 5.74) is 2.68. The van der Waals surface area contributed by atoms with Crippen LogP contribution in [0.1, 0.15) is 62.6 Å². The maximum Gasteiger partial charge on any atom is 0.259 e. The molecular weight excluding hydrogens is 324 g/mol. The average molecular weight is 346 g/mol. The van der Waals surface area contributed by atoms with E-state index >= 15 is 0 Å². The molecule has 128 valence electrons. The number of carbonyl (C=O) groups is 1. The quantitative estimate of drug-likeness (QED) is 0.846. The Labute approximate surface area is 145 Å². The van der Waals surface area contributed by atoms with E-state index < -0.39 is 0 Å². The predicted octanol–water partition coefficient (Wildman–Crippen LogP) is 3.75. The number of likely N-dealkylation sites (tertiary alicyclic amines) is 1. The fourth-order valence-electron chi connectivity index (χ4n) is 3.84. The van der Waals surface area contributed by atoms with Gasteiger partial charge in [0.05, 0.1) is 11.2 Å². The van der Waals surface area contributed by atoms with Gasteiger partial charge in [-0.2, -0.15) is 0 Å². The second kappa shape index (κ2) is 6.63. The van der Waals surface area contributed by atoms with E-state index in [1.807, 2.05) is 11.8 Å². The van der Waals surface area contributed by atoms with Crippen LogP contribution in [-0.4, -0.2) is 32.5 Å². The molecule has 1 saturated carbocycles. The maximum atomic E-state index is 12.9. The minimum Gasteiger partial charge on any atom is -0.418 e. The molecule has 2 fully saturated rings. The summed E-state index contributed by atoms with van der Waals surface area (Å²) in [4.78, 5) is 20.0. The molecule has 0 aromatic carbocycles. The van der Waals surface area contributed by atoms with E-state index in [0.29, 0.717) is 11.8 Å². The lowest BCUT2D eigenvalue weighted by Crippen LogP contribution is -2.36. The summed E-state index contributed by atoms with van der Waals surface area (Å²) in [5, 5.41) is 8.43. The van der Waals surface area contributed by atoms with Crippen LogP contribution in [0, 0.1) is 12.8 Å². The first-order chi connectivity index (χ1) is 11.7. The highest BCUT2D eigenvalue weighted by Crippen LogP contribution is 2.36. The molecule has 1 unspecified atom stereocenters. The molecule has 1 amide bonds. The molecule has 24 heavy (non-hydrogen) atoms. The first-order valence-corrected chi connectivity index (χ1v) is 9.66. The van der Waals surface area contributed by atoms with Crippen molar-refractivity contribution < 1.29 is 9.21 Å². The van der Waals surface area contributed by atoms with Gasteiger partial charge in [0.15, 0.2) is 0 Å². The fourth-order valence-corrected chi connectivity index (χ4v) is 4.56. The fraction of sp³-hybridized carbons (Fsp3) is 0.647. The Morgan fingerprint density at radius 3 is 2.79 bits per heavy atom. The number of aromatic nitrogens is 3. The molecule has 2 aromatic rings. The van der Waals surface area contributed by atoms with E-state index in [1.54, 1.807) is 5.51 Å². The maximum absolute atomic E-state index is 12.9. The molecule has 2 aromatic heterocycles. The van der Waals surface area contributed by atoms with Gasteiger partial charge in [-0.05, 0) is 32.6 Å². The Balaban J connectivity index is 1.53. The third-order valence-corrected chi connectivity index (χ3v) is 6.07. The van der Waals surface area contributed by atoms with Crippen LogP contribution >= 0.6 is 11.3 Å². The zero-order chi connectivity index (χ0) is 16.5. The molecule has 7 heteroatoms. The van der Waals surface area contributed by atoms with Crippen molar-refractivity contribution >= 4 is 17.2 Å². The number of thiazole rings is 1. The molecule has 0 N–H and O–H groups in total. The smallest absolute Gasteiger partial charge is 0.259 e. The molecule has 0 bridgehead atoms. The molecule has 0 radical (unpaired) electrons. The Kier molecular flexibility index (Phi) is 4.35. The average Bonchev–Trinajstić information content (AvgIpc) is 3.34. The lowest BCUT2D eigenvalue weighted by molar-refractivity contribution is -0.137. The highest BCUT2D eigenvalue weighted by Gasteiger charge is 2.37. The third kappa shape index (κ3) is 2.85. The number of hydrogen-bond acceptors (Lipinski definition) is 6. The highest BCUT2D eigenvalue weighted by atomic mass is 32.1. The number of carbonyl (C=O) groups excluding carboxylic acids is 1. The van der Waals surface area contributed by atoms with Gasteiger partial charge in [0.1, 0.15) is 10.9 Å². The van der Waals surface area contributed by atoms with Crippen molar-refractivity contribution in [1.29, 1.82) is 0 Å². The van der Waals surface area contributed by atoms with Crippen LogP contribution < -0.4 is 0 Å². The van der Waals surface area contributed by atoms with E-state index in [9.17, 15) is 4.79 Å². The third-order valence-electron chi connectivity index (χ3n) is 5.16. The van der Waals surface area contributed by atoms with E-state index in [4.69, 9.17) is 4.42 Å². The molecule has 2 aliphatic rings. The predicted molar refractivity (Wildman–Crippen MR) is 90.4 cm³/mol. The van der Waals surface area contributed by atoms with Crippen molar-refractivity contribution in [2.45, 2.75) is 57.9 Å². The van der Waals surface area contributed by atoms with Crippen molar-refractivity contribution in [2.75, 3.05) is 6.54 Å². The number of rotatable bonds is 3. The van der Waals surface area contributed by atoms with Crippen molar-refractivity contribution in [3.63, 3.8) is 0 Å². The van der Waals surface area contributed by atoms with Crippen LogP contribution in [0.4, 0.5) is 0 Å². The van der Waals surface area contributed by atoms with Gasteiger partial charge in [-0.3, -0.25) is 4.79 Å². The number of aryl methyl sites for hydroxylation is 1. The topological polar surface area (TPSA) is 72.1 Å². The Bertz CT molecular complexity index is 720. The highest BCUT2D eigenvalue weighted by molar-refractivity contribution is 7.13. The summed E-state index contributed by atoms with van der Waals surface area (Å²) in [7, 11) is 0. The van der Waals surface area contributed by atoms with Gasteiger partial charge in [-0.25, -0.2) is 4.98 Å². The Hall–Kier alpha value is -1.76. The van der Waals surface area contributed by atoms with Gasteiger partial charge in [0.2, 0.25) is 11.8 Å². The van der Waals surface area contributed by atoms with Crippen molar-refractivity contribution in [3.05, 3.63) is 17.1 Å². The number of nitrogens with zero attached hydrogens (tertiary/aromatic N) is 4. The Morgan fingerprint density at radius 1 is 1.21 bits per heavy atom. The monoisotopic (exact) mass is 346 g/mol. The van der Waals surface area contributed by atoms with Gasteiger partial charge in [0, 0.05) is 12.5 Å². The second-order valence-corrected chi connectivity index (χ2v) is 7.59. The minimum absolute atomic E-state index is 0.0612. The molecule has 1 saturated heterocycles. The minimum atomic E-state index is -0.0612. The SMILES string of the molecule is Cc1ncsc1-c1nnc(C2CCCN2C(=O)C2CCCCC2)o1. The van der Waals surface area contributed by atoms with Crippen LogP contribution in [0.15, 0.2) is 9.93 Å². The summed E-state index contributed by atoms with van der Waals surface area (Å²) in [6, 6.07) is -0.0612. The zero-order valence-corrected chi connectivity index (χ0v) is 14.7. The molecule has 3 heterocycles. The molecule has 1 aliphatic heterocycles. The molecular formula is C17H22N4O2S. The molecule has 1 atom stereocenters. The van der Waals surface area contributed by atoms with E-state index in [1.165, 1.54) is 30.6 Å². The van der Waals surface area contributed by atoms with Crippen LogP contribution in [0.5, 0.6) is 0 Å². The first-order valence-electron chi connectivity index (χ1n) is 8.78.